The molecular weight excluding hydrogens is 204 g/mol. The maximum Gasteiger partial charge on any atom is 0.308 e. The number of hydrogen-bond donors (Lipinski definition) is 0. The summed E-state index contributed by atoms with van der Waals surface area (Å²) in [6.45, 7) is 0.807. The summed E-state index contributed by atoms with van der Waals surface area (Å²) in [5, 5.41) is 0. The second-order valence-electron chi connectivity index (χ2n) is 4.94. The van der Waals surface area contributed by atoms with Crippen LogP contribution in [0.2, 0.25) is 0 Å². The first-order valence-electron chi connectivity index (χ1n) is 6.65. The Kier molecular flexibility index (Phi) is 4.64. The van der Waals surface area contributed by atoms with E-state index in [0.717, 1.165) is 32.3 Å². The monoisotopic (exact) mass is 226 g/mol. The first-order chi connectivity index (χ1) is 7.84. The zero-order chi connectivity index (χ0) is 11.2. The van der Waals surface area contributed by atoms with E-state index in [2.05, 4.69) is 0 Å². The smallest absolute Gasteiger partial charge is 0.308 e. The van der Waals surface area contributed by atoms with Crippen LogP contribution in [-0.4, -0.2) is 24.8 Å². The topological polar surface area (TPSA) is 35.5 Å². The van der Waals surface area contributed by atoms with E-state index in [9.17, 15) is 4.79 Å². The van der Waals surface area contributed by atoms with Crippen molar-refractivity contribution in [3.63, 3.8) is 0 Å². The number of hydrogen-bond acceptors (Lipinski definition) is 3. The van der Waals surface area contributed by atoms with Crippen molar-refractivity contribution in [1.29, 1.82) is 0 Å². The third-order valence-electron chi connectivity index (χ3n) is 3.52. The number of rotatable bonds is 3. The highest BCUT2D eigenvalue weighted by Crippen LogP contribution is 2.21. The van der Waals surface area contributed by atoms with E-state index in [0.29, 0.717) is 6.42 Å². The molecule has 1 heterocycles. The predicted octanol–water partition coefficient (Wildman–Crippen LogP) is 2.82. The molecular formula is C13H22O3. The van der Waals surface area contributed by atoms with Gasteiger partial charge in [-0.2, -0.15) is 0 Å². The van der Waals surface area contributed by atoms with Crippen LogP contribution >= 0.6 is 0 Å². The highest BCUT2D eigenvalue weighted by atomic mass is 16.5. The molecule has 0 bridgehead atoms. The van der Waals surface area contributed by atoms with Crippen LogP contribution in [0, 0.1) is 0 Å². The zero-order valence-electron chi connectivity index (χ0n) is 9.95. The second kappa shape index (κ2) is 6.24. The summed E-state index contributed by atoms with van der Waals surface area (Å²) in [4.78, 5) is 11.7. The fraction of sp³-hybridized carbons (Fsp3) is 0.923. The average Bonchev–Trinajstić information content (AvgIpc) is 2.62. The summed E-state index contributed by atoms with van der Waals surface area (Å²) in [6.07, 6.45) is 9.95. The van der Waals surface area contributed by atoms with E-state index in [4.69, 9.17) is 9.47 Å². The number of carbonyl (C=O) groups excluding carboxylic acids is 1. The van der Waals surface area contributed by atoms with Crippen LogP contribution in [0.4, 0.5) is 0 Å². The molecule has 2 rings (SSSR count). The van der Waals surface area contributed by atoms with E-state index in [1.165, 1.54) is 25.7 Å². The van der Waals surface area contributed by atoms with Crippen LogP contribution in [0.15, 0.2) is 0 Å². The van der Waals surface area contributed by atoms with Gasteiger partial charge in [-0.15, -0.1) is 0 Å². The van der Waals surface area contributed by atoms with Gasteiger partial charge in [-0.3, -0.25) is 4.79 Å². The van der Waals surface area contributed by atoms with Gasteiger partial charge in [0.25, 0.3) is 0 Å². The quantitative estimate of drug-likeness (QED) is 0.548. The van der Waals surface area contributed by atoms with Crippen molar-refractivity contribution < 1.29 is 14.3 Å². The van der Waals surface area contributed by atoms with Gasteiger partial charge in [-0.05, 0) is 38.5 Å². The molecule has 1 atom stereocenters. The molecule has 3 heteroatoms. The average molecular weight is 226 g/mol. The first kappa shape index (κ1) is 11.9. The van der Waals surface area contributed by atoms with Crippen LogP contribution in [0.1, 0.15) is 57.8 Å². The van der Waals surface area contributed by atoms with E-state index in [1.54, 1.807) is 0 Å². The van der Waals surface area contributed by atoms with Gasteiger partial charge in [-0.25, -0.2) is 0 Å². The van der Waals surface area contributed by atoms with E-state index >= 15 is 0 Å². The van der Waals surface area contributed by atoms with Gasteiger partial charge in [0, 0.05) is 6.61 Å². The molecule has 0 aromatic carbocycles. The zero-order valence-corrected chi connectivity index (χ0v) is 9.95. The van der Waals surface area contributed by atoms with Crippen molar-refractivity contribution in [3.05, 3.63) is 0 Å². The highest BCUT2D eigenvalue weighted by molar-refractivity contribution is 5.70. The number of carbonyl (C=O) groups is 1. The van der Waals surface area contributed by atoms with Crippen molar-refractivity contribution in [1.82, 2.24) is 0 Å². The van der Waals surface area contributed by atoms with Gasteiger partial charge in [0.15, 0.2) is 0 Å². The first-order valence-corrected chi connectivity index (χ1v) is 6.65. The summed E-state index contributed by atoms with van der Waals surface area (Å²) in [5.41, 5.74) is 0. The standard InChI is InChI=1S/C13H22O3/c14-13(10-12-8-5-9-15-12)16-11-6-3-1-2-4-7-11/h11-12H,1-10H2. The minimum atomic E-state index is -0.0567. The lowest BCUT2D eigenvalue weighted by Crippen LogP contribution is -2.21. The number of ether oxygens (including phenoxy) is 2. The Bertz CT molecular complexity index is 213. The van der Waals surface area contributed by atoms with E-state index in [1.807, 2.05) is 0 Å². The van der Waals surface area contributed by atoms with E-state index < -0.39 is 0 Å². The summed E-state index contributed by atoms with van der Waals surface area (Å²) in [6, 6.07) is 0. The van der Waals surface area contributed by atoms with Crippen LogP contribution in [0.5, 0.6) is 0 Å². The molecule has 1 saturated carbocycles. The molecule has 0 spiro atoms. The summed E-state index contributed by atoms with van der Waals surface area (Å²) in [7, 11) is 0. The van der Waals surface area contributed by atoms with Crippen molar-refractivity contribution in [3.8, 4) is 0 Å². The Morgan fingerprint density at radius 1 is 1.06 bits per heavy atom. The molecule has 16 heavy (non-hydrogen) atoms. The summed E-state index contributed by atoms with van der Waals surface area (Å²) >= 11 is 0. The predicted molar refractivity (Wildman–Crippen MR) is 61.2 cm³/mol. The maximum atomic E-state index is 11.7. The molecule has 1 unspecified atom stereocenters. The van der Waals surface area contributed by atoms with Crippen molar-refractivity contribution >= 4 is 5.97 Å². The molecule has 92 valence electrons. The third kappa shape index (κ3) is 3.78. The molecule has 0 N–H and O–H groups in total. The number of esters is 1. The van der Waals surface area contributed by atoms with Gasteiger partial charge in [-0.1, -0.05) is 12.8 Å². The fourth-order valence-electron chi connectivity index (χ4n) is 2.58. The fourth-order valence-corrected chi connectivity index (χ4v) is 2.58. The summed E-state index contributed by atoms with van der Waals surface area (Å²) in [5.74, 6) is -0.0567. The van der Waals surface area contributed by atoms with Gasteiger partial charge in [0.2, 0.25) is 0 Å². The van der Waals surface area contributed by atoms with Crippen LogP contribution in [0.25, 0.3) is 0 Å². The minimum absolute atomic E-state index is 0.0567. The lowest BCUT2D eigenvalue weighted by atomic mass is 10.1. The second-order valence-corrected chi connectivity index (χ2v) is 4.94. The van der Waals surface area contributed by atoms with Crippen molar-refractivity contribution in [2.24, 2.45) is 0 Å². The molecule has 1 aliphatic carbocycles. The normalized spacial score (nSPS) is 27.6. The molecule has 3 nitrogen and oxygen atoms in total. The Hall–Kier alpha value is -0.570. The van der Waals surface area contributed by atoms with E-state index in [-0.39, 0.29) is 18.2 Å². The lowest BCUT2D eigenvalue weighted by molar-refractivity contribution is -0.152. The molecule has 1 saturated heterocycles. The maximum absolute atomic E-state index is 11.7. The van der Waals surface area contributed by atoms with Crippen molar-refractivity contribution in [2.45, 2.75) is 70.0 Å². The minimum Gasteiger partial charge on any atom is -0.462 e. The van der Waals surface area contributed by atoms with Gasteiger partial charge in [0.1, 0.15) is 6.10 Å². The SMILES string of the molecule is O=C(CC1CCCO1)OC1CCCCCC1. The highest BCUT2D eigenvalue weighted by Gasteiger charge is 2.22. The Morgan fingerprint density at radius 3 is 2.44 bits per heavy atom. The van der Waals surface area contributed by atoms with Crippen LogP contribution < -0.4 is 0 Å². The Labute approximate surface area is 97.5 Å². The van der Waals surface area contributed by atoms with Gasteiger partial charge >= 0.3 is 5.97 Å². The summed E-state index contributed by atoms with van der Waals surface area (Å²) < 4.78 is 11.0. The van der Waals surface area contributed by atoms with Gasteiger partial charge in [0.05, 0.1) is 12.5 Å². The molecule has 2 fully saturated rings. The Morgan fingerprint density at radius 2 is 1.81 bits per heavy atom. The molecule has 0 radical (unpaired) electrons. The molecule has 2 aliphatic rings. The van der Waals surface area contributed by atoms with Crippen LogP contribution in [0.3, 0.4) is 0 Å². The van der Waals surface area contributed by atoms with Gasteiger partial charge < -0.3 is 9.47 Å². The molecule has 0 aromatic heterocycles. The molecule has 0 aromatic rings. The molecule has 0 amide bonds. The molecule has 1 aliphatic heterocycles. The Balaban J connectivity index is 1.68. The lowest BCUT2D eigenvalue weighted by Gasteiger charge is -2.16. The largest absolute Gasteiger partial charge is 0.462 e. The third-order valence-corrected chi connectivity index (χ3v) is 3.52. The van der Waals surface area contributed by atoms with Crippen molar-refractivity contribution in [2.75, 3.05) is 6.61 Å². The van der Waals surface area contributed by atoms with Crippen LogP contribution in [-0.2, 0) is 14.3 Å².